The van der Waals surface area contributed by atoms with E-state index in [1.165, 1.54) is 36.5 Å². The van der Waals surface area contributed by atoms with E-state index in [1.54, 1.807) is 36.4 Å². The standard InChI is InChI=1S/C27H23Cl2FN4O3S/c1-18-12-20(19(2)34(18)23-14-21(28)13-22(29)15-23)16-31-32-27(35)17-33(26-11-7-6-10-25(26)30)38(36,37)24-8-4-3-5-9-24/h3-16H,17H2,1-2H3,(H,32,35)/b31-16-. The number of carbonyl (C=O) groups is 1. The Morgan fingerprint density at radius 1 is 1.00 bits per heavy atom. The number of hydrogen-bond acceptors (Lipinski definition) is 4. The zero-order valence-electron chi connectivity index (χ0n) is 20.4. The Balaban J connectivity index is 1.56. The molecule has 196 valence electrons. The molecule has 0 radical (unpaired) electrons. The minimum absolute atomic E-state index is 0.0758. The van der Waals surface area contributed by atoms with Crippen molar-refractivity contribution in [1.29, 1.82) is 0 Å². The average molecular weight is 573 g/mol. The lowest BCUT2D eigenvalue weighted by Gasteiger charge is -2.24. The van der Waals surface area contributed by atoms with Crippen molar-refractivity contribution in [2.24, 2.45) is 5.10 Å². The second-order valence-electron chi connectivity index (χ2n) is 8.36. The first kappa shape index (κ1) is 27.4. The minimum atomic E-state index is -4.24. The van der Waals surface area contributed by atoms with Crippen molar-refractivity contribution >= 4 is 51.0 Å². The fraction of sp³-hybridized carbons (Fsp3) is 0.111. The summed E-state index contributed by atoms with van der Waals surface area (Å²) in [6.07, 6.45) is 1.45. The Kier molecular flexibility index (Phi) is 8.20. The average Bonchev–Trinajstić information content (AvgIpc) is 3.15. The summed E-state index contributed by atoms with van der Waals surface area (Å²) in [6.45, 7) is 3.09. The zero-order valence-corrected chi connectivity index (χ0v) is 22.7. The predicted octanol–water partition coefficient (Wildman–Crippen LogP) is 5.89. The smallest absolute Gasteiger partial charge is 0.264 e. The molecule has 0 bridgehead atoms. The first-order valence-corrected chi connectivity index (χ1v) is 13.6. The topological polar surface area (TPSA) is 83.8 Å². The molecule has 3 aromatic carbocycles. The van der Waals surface area contributed by atoms with Crippen molar-refractivity contribution in [2.75, 3.05) is 10.8 Å². The summed E-state index contributed by atoms with van der Waals surface area (Å²) in [5.41, 5.74) is 5.27. The fourth-order valence-corrected chi connectivity index (χ4v) is 5.96. The molecule has 0 aliphatic rings. The Labute approximate surface area is 230 Å². The van der Waals surface area contributed by atoms with Crippen LogP contribution in [-0.2, 0) is 14.8 Å². The van der Waals surface area contributed by atoms with Crippen LogP contribution in [0.25, 0.3) is 5.69 Å². The van der Waals surface area contributed by atoms with Gasteiger partial charge in [0.2, 0.25) is 0 Å². The highest BCUT2D eigenvalue weighted by Gasteiger charge is 2.29. The van der Waals surface area contributed by atoms with Crippen LogP contribution in [0.3, 0.4) is 0 Å². The van der Waals surface area contributed by atoms with Crippen molar-refractivity contribution in [1.82, 2.24) is 9.99 Å². The van der Waals surface area contributed by atoms with Gasteiger partial charge in [-0.1, -0.05) is 53.5 Å². The molecule has 4 rings (SSSR count). The number of para-hydroxylation sites is 1. The summed E-state index contributed by atoms with van der Waals surface area (Å²) in [5.74, 6) is -1.53. The van der Waals surface area contributed by atoms with Crippen LogP contribution in [0.15, 0.2) is 88.9 Å². The SMILES string of the molecule is Cc1cc(/C=N\NC(=O)CN(c2ccccc2F)S(=O)(=O)c2ccccc2)c(C)n1-c1cc(Cl)cc(Cl)c1. The van der Waals surface area contributed by atoms with Gasteiger partial charge in [0.25, 0.3) is 15.9 Å². The van der Waals surface area contributed by atoms with Crippen molar-refractivity contribution in [3.8, 4) is 5.69 Å². The number of hydrogen-bond donors (Lipinski definition) is 1. The van der Waals surface area contributed by atoms with Gasteiger partial charge in [0.15, 0.2) is 0 Å². The third kappa shape index (κ3) is 5.91. The second-order valence-corrected chi connectivity index (χ2v) is 11.1. The molecule has 1 N–H and O–H groups in total. The normalized spacial score (nSPS) is 11.6. The summed E-state index contributed by atoms with van der Waals surface area (Å²) in [4.78, 5) is 12.7. The number of carbonyl (C=O) groups excluding carboxylic acids is 1. The molecule has 1 aromatic heterocycles. The molecule has 0 aliphatic heterocycles. The molecular formula is C27H23Cl2FN4O3S. The molecule has 0 spiro atoms. The Morgan fingerprint density at radius 3 is 2.29 bits per heavy atom. The van der Waals surface area contributed by atoms with Crippen LogP contribution in [-0.4, -0.2) is 31.7 Å². The molecule has 0 atom stereocenters. The fourth-order valence-electron chi connectivity index (χ4n) is 4.00. The molecule has 1 amide bonds. The first-order valence-electron chi connectivity index (χ1n) is 11.4. The highest BCUT2D eigenvalue weighted by Crippen LogP contribution is 2.27. The second kappa shape index (κ2) is 11.4. The highest BCUT2D eigenvalue weighted by atomic mass is 35.5. The molecule has 7 nitrogen and oxygen atoms in total. The van der Waals surface area contributed by atoms with Crippen molar-refractivity contribution in [3.05, 3.63) is 112 Å². The van der Waals surface area contributed by atoms with E-state index in [0.717, 1.165) is 27.4 Å². The minimum Gasteiger partial charge on any atom is -0.318 e. The van der Waals surface area contributed by atoms with Crippen LogP contribution in [0.1, 0.15) is 17.0 Å². The van der Waals surface area contributed by atoms with Gasteiger partial charge >= 0.3 is 0 Å². The maximum absolute atomic E-state index is 14.6. The van der Waals surface area contributed by atoms with Crippen molar-refractivity contribution in [3.63, 3.8) is 0 Å². The quantitative estimate of drug-likeness (QED) is 0.211. The molecule has 11 heteroatoms. The number of halogens is 3. The Bertz CT molecular complexity index is 1600. The lowest BCUT2D eigenvalue weighted by atomic mass is 10.2. The zero-order chi connectivity index (χ0) is 27.4. The van der Waals surface area contributed by atoms with Gasteiger partial charge < -0.3 is 4.57 Å². The van der Waals surface area contributed by atoms with Crippen LogP contribution < -0.4 is 9.73 Å². The number of amides is 1. The van der Waals surface area contributed by atoms with Gasteiger partial charge in [-0.05, 0) is 62.4 Å². The first-order chi connectivity index (χ1) is 18.1. The number of nitrogens with zero attached hydrogens (tertiary/aromatic N) is 3. The third-order valence-electron chi connectivity index (χ3n) is 5.71. The van der Waals surface area contributed by atoms with Gasteiger partial charge in [0.05, 0.1) is 16.8 Å². The summed E-state index contributed by atoms with van der Waals surface area (Å²) in [7, 11) is -4.24. The van der Waals surface area contributed by atoms with Crippen molar-refractivity contribution in [2.45, 2.75) is 18.7 Å². The van der Waals surface area contributed by atoms with E-state index >= 15 is 0 Å². The summed E-state index contributed by atoms with van der Waals surface area (Å²) >= 11 is 12.3. The predicted molar refractivity (Wildman–Crippen MR) is 148 cm³/mol. The van der Waals surface area contributed by atoms with Crippen LogP contribution in [0.5, 0.6) is 0 Å². The van der Waals surface area contributed by atoms with Gasteiger partial charge in [0, 0.05) is 32.7 Å². The van der Waals surface area contributed by atoms with E-state index in [-0.39, 0.29) is 10.6 Å². The van der Waals surface area contributed by atoms with E-state index in [9.17, 15) is 17.6 Å². The number of benzene rings is 3. The van der Waals surface area contributed by atoms with Crippen LogP contribution >= 0.6 is 23.2 Å². The summed E-state index contributed by atoms with van der Waals surface area (Å²) < 4.78 is 43.9. The van der Waals surface area contributed by atoms with E-state index < -0.39 is 28.3 Å². The molecule has 0 unspecified atom stereocenters. The Morgan fingerprint density at radius 2 is 1.63 bits per heavy atom. The summed E-state index contributed by atoms with van der Waals surface area (Å²) in [6, 6.07) is 19.9. The van der Waals surface area contributed by atoms with E-state index in [4.69, 9.17) is 23.2 Å². The molecular weight excluding hydrogens is 550 g/mol. The summed E-state index contributed by atoms with van der Waals surface area (Å²) in [5, 5.41) is 4.99. The molecule has 38 heavy (non-hydrogen) atoms. The monoisotopic (exact) mass is 572 g/mol. The van der Waals surface area contributed by atoms with E-state index in [1.807, 2.05) is 24.5 Å². The molecule has 0 fully saturated rings. The molecule has 0 aliphatic carbocycles. The van der Waals surface area contributed by atoms with Crippen LogP contribution in [0.2, 0.25) is 10.0 Å². The number of aryl methyl sites for hydroxylation is 1. The van der Waals surface area contributed by atoms with Gasteiger partial charge in [-0.15, -0.1) is 0 Å². The van der Waals surface area contributed by atoms with Crippen LogP contribution in [0, 0.1) is 19.7 Å². The number of sulfonamides is 1. The molecule has 0 saturated heterocycles. The molecule has 0 saturated carbocycles. The highest BCUT2D eigenvalue weighted by molar-refractivity contribution is 7.92. The van der Waals surface area contributed by atoms with Crippen molar-refractivity contribution < 1.29 is 17.6 Å². The number of hydrazone groups is 1. The van der Waals surface area contributed by atoms with Gasteiger partial charge in [-0.25, -0.2) is 18.2 Å². The maximum Gasteiger partial charge on any atom is 0.264 e. The maximum atomic E-state index is 14.6. The Hall–Kier alpha value is -3.66. The van der Waals surface area contributed by atoms with E-state index in [2.05, 4.69) is 10.5 Å². The molecule has 1 heterocycles. The van der Waals surface area contributed by atoms with Gasteiger partial charge in [0.1, 0.15) is 12.4 Å². The third-order valence-corrected chi connectivity index (χ3v) is 7.92. The number of nitrogens with one attached hydrogen (secondary N) is 1. The van der Waals surface area contributed by atoms with Crippen LogP contribution in [0.4, 0.5) is 10.1 Å². The van der Waals surface area contributed by atoms with Gasteiger partial charge in [-0.2, -0.15) is 5.10 Å². The number of anilines is 1. The number of rotatable bonds is 8. The lowest BCUT2D eigenvalue weighted by Crippen LogP contribution is -2.40. The van der Waals surface area contributed by atoms with Gasteiger partial charge in [-0.3, -0.25) is 9.10 Å². The number of aromatic nitrogens is 1. The largest absolute Gasteiger partial charge is 0.318 e. The molecule has 4 aromatic rings. The van der Waals surface area contributed by atoms with E-state index in [0.29, 0.717) is 15.6 Å². The lowest BCUT2D eigenvalue weighted by molar-refractivity contribution is -0.119.